The minimum absolute atomic E-state index is 0.185. The van der Waals surface area contributed by atoms with Gasteiger partial charge in [-0.2, -0.15) is 0 Å². The number of nitrogens with two attached hydrogens (primary N) is 1. The molecule has 0 saturated heterocycles. The molecule has 5 N–H and O–H groups in total. The maximum Gasteiger partial charge on any atom is 0.127 e. The van der Waals surface area contributed by atoms with Crippen molar-refractivity contribution in [2.45, 2.75) is 26.8 Å². The fourth-order valence-corrected chi connectivity index (χ4v) is 1.36. The van der Waals surface area contributed by atoms with Crippen molar-refractivity contribution in [1.29, 1.82) is 0 Å². The standard InChI is InChI=1S/C11H17NO3/c1-11(2,3)10(12)9-7(14)4-6(13)5-8(9)15/h4-5,10,13-15H,12H2,1-3H3/t10-/m1/s1. The van der Waals surface area contributed by atoms with Gasteiger partial charge in [-0.3, -0.25) is 0 Å². The maximum atomic E-state index is 9.61. The third-order valence-electron chi connectivity index (χ3n) is 2.37. The molecule has 0 saturated carbocycles. The molecule has 0 bridgehead atoms. The van der Waals surface area contributed by atoms with Gasteiger partial charge in [-0.1, -0.05) is 20.8 Å². The highest BCUT2D eigenvalue weighted by Crippen LogP contribution is 2.41. The number of hydrogen-bond acceptors (Lipinski definition) is 4. The lowest BCUT2D eigenvalue weighted by atomic mass is 9.82. The van der Waals surface area contributed by atoms with Crippen LogP contribution in [0.1, 0.15) is 32.4 Å². The number of phenolic OH excluding ortho intramolecular Hbond substituents is 3. The highest BCUT2D eigenvalue weighted by molar-refractivity contribution is 5.50. The van der Waals surface area contributed by atoms with E-state index in [2.05, 4.69) is 0 Å². The second-order valence-corrected chi connectivity index (χ2v) is 4.74. The number of aromatic hydroxyl groups is 3. The Morgan fingerprint density at radius 3 is 1.80 bits per heavy atom. The van der Waals surface area contributed by atoms with Crippen LogP contribution < -0.4 is 5.73 Å². The summed E-state index contributed by atoms with van der Waals surface area (Å²) in [5.41, 5.74) is 5.90. The van der Waals surface area contributed by atoms with Gasteiger partial charge in [0, 0.05) is 18.2 Å². The molecule has 1 aromatic rings. The predicted molar refractivity (Wildman–Crippen MR) is 57.8 cm³/mol. The molecule has 84 valence electrons. The van der Waals surface area contributed by atoms with E-state index in [4.69, 9.17) is 10.8 Å². The molecular formula is C11H17NO3. The van der Waals surface area contributed by atoms with Crippen molar-refractivity contribution >= 4 is 0 Å². The SMILES string of the molecule is CC(C)(C)[C@H](N)c1c(O)cc(O)cc1O. The Labute approximate surface area is 89.0 Å². The van der Waals surface area contributed by atoms with Crippen molar-refractivity contribution in [2.24, 2.45) is 11.1 Å². The lowest BCUT2D eigenvalue weighted by molar-refractivity contribution is 0.306. The summed E-state index contributed by atoms with van der Waals surface area (Å²) in [6.07, 6.45) is 0. The Kier molecular flexibility index (Phi) is 2.81. The summed E-state index contributed by atoms with van der Waals surface area (Å²) in [4.78, 5) is 0. The second-order valence-electron chi connectivity index (χ2n) is 4.74. The van der Waals surface area contributed by atoms with Crippen molar-refractivity contribution in [1.82, 2.24) is 0 Å². The van der Waals surface area contributed by atoms with Gasteiger partial charge in [0.2, 0.25) is 0 Å². The summed E-state index contributed by atoms with van der Waals surface area (Å²) in [5.74, 6) is -0.556. The monoisotopic (exact) mass is 211 g/mol. The van der Waals surface area contributed by atoms with Crippen LogP contribution in [0.2, 0.25) is 0 Å². The molecule has 0 amide bonds. The zero-order valence-corrected chi connectivity index (χ0v) is 9.15. The summed E-state index contributed by atoms with van der Waals surface area (Å²) in [5, 5.41) is 28.4. The van der Waals surface area contributed by atoms with Crippen LogP contribution in [0.25, 0.3) is 0 Å². The third kappa shape index (κ3) is 2.33. The van der Waals surface area contributed by atoms with Crippen LogP contribution in [0.4, 0.5) is 0 Å². The molecule has 0 heterocycles. The van der Waals surface area contributed by atoms with Crippen LogP contribution in [0.5, 0.6) is 17.2 Å². The van der Waals surface area contributed by atoms with Crippen molar-refractivity contribution in [3.05, 3.63) is 17.7 Å². The average Bonchev–Trinajstić information content (AvgIpc) is 1.99. The van der Waals surface area contributed by atoms with Gasteiger partial charge in [0.25, 0.3) is 0 Å². The highest BCUT2D eigenvalue weighted by Gasteiger charge is 2.27. The number of rotatable bonds is 1. The Hall–Kier alpha value is -1.42. The molecule has 4 heteroatoms. The van der Waals surface area contributed by atoms with Gasteiger partial charge in [-0.25, -0.2) is 0 Å². The average molecular weight is 211 g/mol. The Morgan fingerprint density at radius 2 is 1.47 bits per heavy atom. The van der Waals surface area contributed by atoms with E-state index in [1.807, 2.05) is 20.8 Å². The first-order valence-electron chi connectivity index (χ1n) is 4.74. The van der Waals surface area contributed by atoms with Gasteiger partial charge in [0.15, 0.2) is 0 Å². The number of hydrogen-bond donors (Lipinski definition) is 4. The third-order valence-corrected chi connectivity index (χ3v) is 2.37. The molecule has 4 nitrogen and oxygen atoms in total. The Balaban J connectivity index is 3.26. The molecule has 0 aliphatic carbocycles. The lowest BCUT2D eigenvalue weighted by Crippen LogP contribution is -2.26. The van der Waals surface area contributed by atoms with Crippen LogP contribution in [0.15, 0.2) is 12.1 Å². The van der Waals surface area contributed by atoms with E-state index in [0.717, 1.165) is 0 Å². The molecule has 15 heavy (non-hydrogen) atoms. The van der Waals surface area contributed by atoms with Gasteiger partial charge < -0.3 is 21.1 Å². The minimum atomic E-state index is -0.502. The summed E-state index contributed by atoms with van der Waals surface area (Å²) >= 11 is 0. The largest absolute Gasteiger partial charge is 0.508 e. The predicted octanol–water partition coefficient (Wildman–Crippen LogP) is 1.85. The van der Waals surface area contributed by atoms with Crippen LogP contribution in [-0.4, -0.2) is 15.3 Å². The minimum Gasteiger partial charge on any atom is -0.508 e. The van der Waals surface area contributed by atoms with Gasteiger partial charge in [0.1, 0.15) is 17.2 Å². The molecule has 0 unspecified atom stereocenters. The second kappa shape index (κ2) is 3.62. The van der Waals surface area contributed by atoms with E-state index < -0.39 is 6.04 Å². The first-order valence-corrected chi connectivity index (χ1v) is 4.74. The zero-order valence-electron chi connectivity index (χ0n) is 9.15. The molecule has 0 fully saturated rings. The van der Waals surface area contributed by atoms with Gasteiger partial charge >= 0.3 is 0 Å². The Bertz CT molecular complexity index is 346. The molecule has 1 atom stereocenters. The smallest absolute Gasteiger partial charge is 0.127 e. The van der Waals surface area contributed by atoms with E-state index in [1.165, 1.54) is 12.1 Å². The van der Waals surface area contributed by atoms with E-state index in [0.29, 0.717) is 0 Å². The zero-order chi connectivity index (χ0) is 11.8. The first kappa shape index (κ1) is 11.7. The van der Waals surface area contributed by atoms with Crippen LogP contribution in [0, 0.1) is 5.41 Å². The fraction of sp³-hybridized carbons (Fsp3) is 0.455. The van der Waals surface area contributed by atoms with E-state index in [9.17, 15) is 10.2 Å². The summed E-state index contributed by atoms with van der Waals surface area (Å²) in [6, 6.07) is 1.83. The van der Waals surface area contributed by atoms with Crippen molar-refractivity contribution in [3.63, 3.8) is 0 Å². The molecule has 0 radical (unpaired) electrons. The molecule has 0 aromatic heterocycles. The van der Waals surface area contributed by atoms with Crippen molar-refractivity contribution < 1.29 is 15.3 Å². The highest BCUT2D eigenvalue weighted by atomic mass is 16.3. The van der Waals surface area contributed by atoms with Crippen molar-refractivity contribution in [3.8, 4) is 17.2 Å². The fourth-order valence-electron chi connectivity index (χ4n) is 1.36. The summed E-state index contributed by atoms with van der Waals surface area (Å²) in [6.45, 7) is 5.72. The lowest BCUT2D eigenvalue weighted by Gasteiger charge is -2.28. The molecule has 1 aromatic carbocycles. The number of benzene rings is 1. The van der Waals surface area contributed by atoms with Crippen LogP contribution in [-0.2, 0) is 0 Å². The van der Waals surface area contributed by atoms with E-state index >= 15 is 0 Å². The van der Waals surface area contributed by atoms with Gasteiger partial charge in [0.05, 0.1) is 5.56 Å². The van der Waals surface area contributed by atoms with E-state index in [-0.39, 0.29) is 28.2 Å². The van der Waals surface area contributed by atoms with Gasteiger partial charge in [-0.15, -0.1) is 0 Å². The topological polar surface area (TPSA) is 86.7 Å². The van der Waals surface area contributed by atoms with Crippen LogP contribution in [0.3, 0.4) is 0 Å². The van der Waals surface area contributed by atoms with Gasteiger partial charge in [-0.05, 0) is 5.41 Å². The quantitative estimate of drug-likeness (QED) is 0.571. The Morgan fingerprint density at radius 1 is 1.07 bits per heavy atom. The molecule has 0 aliphatic heterocycles. The van der Waals surface area contributed by atoms with Crippen LogP contribution >= 0.6 is 0 Å². The number of phenols is 3. The van der Waals surface area contributed by atoms with Crippen molar-refractivity contribution in [2.75, 3.05) is 0 Å². The molecule has 1 rings (SSSR count). The molecule has 0 spiro atoms. The first-order chi connectivity index (χ1) is 6.73. The molecule has 0 aliphatic rings. The maximum absolute atomic E-state index is 9.61. The summed E-state index contributed by atoms with van der Waals surface area (Å²) in [7, 11) is 0. The normalized spacial score (nSPS) is 13.9. The summed E-state index contributed by atoms with van der Waals surface area (Å²) < 4.78 is 0. The molecular weight excluding hydrogens is 194 g/mol. The van der Waals surface area contributed by atoms with E-state index in [1.54, 1.807) is 0 Å².